The van der Waals surface area contributed by atoms with Gasteiger partial charge in [-0.2, -0.15) is 0 Å². The molecule has 1 N–H and O–H groups in total. The van der Waals surface area contributed by atoms with Crippen LogP contribution in [0.4, 0.5) is 0 Å². The molecule has 0 saturated carbocycles. The van der Waals surface area contributed by atoms with Crippen molar-refractivity contribution in [1.82, 2.24) is 10.3 Å². The minimum Gasteiger partial charge on any atom is -0.489 e. The molecule has 4 nitrogen and oxygen atoms in total. The Kier molecular flexibility index (Phi) is 7.25. The maximum Gasteiger partial charge on any atom is 0.213 e. The Bertz CT molecular complexity index is 821. The number of nitrogens with zero attached hydrogens (tertiary/aromatic N) is 1. The third kappa shape index (κ3) is 6.42. The Balaban J connectivity index is 1.41. The molecule has 3 aromatic rings. The molecule has 1 heterocycles. The van der Waals surface area contributed by atoms with E-state index in [1.54, 1.807) is 6.20 Å². The molecule has 2 aromatic carbocycles. The first-order chi connectivity index (χ1) is 13.3. The molecule has 0 unspecified atom stereocenters. The molecular formula is C23H26N2O2. The average molecular weight is 362 g/mol. The van der Waals surface area contributed by atoms with Gasteiger partial charge < -0.3 is 14.8 Å². The molecule has 3 rings (SSSR count). The minimum absolute atomic E-state index is 0.580. The molecule has 4 heteroatoms. The van der Waals surface area contributed by atoms with Crippen LogP contribution >= 0.6 is 0 Å². The average Bonchev–Trinajstić information content (AvgIpc) is 2.70. The largest absolute Gasteiger partial charge is 0.489 e. The van der Waals surface area contributed by atoms with Gasteiger partial charge in [0.2, 0.25) is 5.88 Å². The summed E-state index contributed by atoms with van der Waals surface area (Å²) in [7, 11) is 0. The van der Waals surface area contributed by atoms with Crippen molar-refractivity contribution in [2.24, 2.45) is 0 Å². The van der Waals surface area contributed by atoms with E-state index >= 15 is 0 Å². The van der Waals surface area contributed by atoms with Crippen molar-refractivity contribution in [2.75, 3.05) is 13.2 Å². The second-order valence-corrected chi connectivity index (χ2v) is 6.43. The number of para-hydroxylation sites is 1. The van der Waals surface area contributed by atoms with Crippen molar-refractivity contribution in [3.8, 4) is 11.6 Å². The second kappa shape index (κ2) is 10.3. The van der Waals surface area contributed by atoms with Crippen LogP contribution in [0.5, 0.6) is 11.6 Å². The van der Waals surface area contributed by atoms with Crippen LogP contribution in [0.3, 0.4) is 0 Å². The number of hydrogen-bond acceptors (Lipinski definition) is 4. The highest BCUT2D eigenvalue weighted by Gasteiger charge is 2.03. The van der Waals surface area contributed by atoms with Gasteiger partial charge in [0.25, 0.3) is 0 Å². The van der Waals surface area contributed by atoms with E-state index in [4.69, 9.17) is 9.47 Å². The van der Waals surface area contributed by atoms with Gasteiger partial charge in [-0.15, -0.1) is 0 Å². The fourth-order valence-corrected chi connectivity index (χ4v) is 2.78. The lowest BCUT2D eigenvalue weighted by atomic mass is 10.1. The molecular weight excluding hydrogens is 336 g/mol. The maximum absolute atomic E-state index is 6.04. The van der Waals surface area contributed by atoms with Crippen molar-refractivity contribution >= 4 is 0 Å². The quantitative estimate of drug-likeness (QED) is 0.538. The van der Waals surface area contributed by atoms with Gasteiger partial charge in [-0.25, -0.2) is 4.98 Å². The normalized spacial score (nSPS) is 10.6. The highest BCUT2D eigenvalue weighted by molar-refractivity contribution is 5.33. The molecule has 1 aromatic heterocycles. The van der Waals surface area contributed by atoms with Crippen molar-refractivity contribution in [3.63, 3.8) is 0 Å². The molecule has 0 atom stereocenters. The smallest absolute Gasteiger partial charge is 0.213 e. The van der Waals surface area contributed by atoms with Crippen LogP contribution in [-0.2, 0) is 13.2 Å². The zero-order chi connectivity index (χ0) is 18.7. The summed E-state index contributed by atoms with van der Waals surface area (Å²) in [5.74, 6) is 1.60. The van der Waals surface area contributed by atoms with Crippen LogP contribution < -0.4 is 14.8 Å². The van der Waals surface area contributed by atoms with Crippen LogP contribution in [-0.4, -0.2) is 18.1 Å². The summed E-state index contributed by atoms with van der Waals surface area (Å²) in [6, 6.07) is 22.3. The number of nitrogens with one attached hydrogen (secondary N) is 1. The Morgan fingerprint density at radius 2 is 1.81 bits per heavy atom. The fraction of sp³-hybridized carbons (Fsp3) is 0.261. The molecule has 0 saturated heterocycles. The zero-order valence-corrected chi connectivity index (χ0v) is 15.7. The van der Waals surface area contributed by atoms with E-state index in [0.29, 0.717) is 19.1 Å². The lowest BCUT2D eigenvalue weighted by Gasteiger charge is -2.13. The number of rotatable bonds is 10. The van der Waals surface area contributed by atoms with Crippen molar-refractivity contribution in [1.29, 1.82) is 0 Å². The van der Waals surface area contributed by atoms with E-state index in [9.17, 15) is 0 Å². The lowest BCUT2D eigenvalue weighted by molar-refractivity contribution is 0.294. The van der Waals surface area contributed by atoms with E-state index in [1.165, 1.54) is 11.1 Å². The van der Waals surface area contributed by atoms with Gasteiger partial charge in [0, 0.05) is 24.4 Å². The third-order valence-electron chi connectivity index (χ3n) is 4.15. The minimum atomic E-state index is 0.580. The first-order valence-corrected chi connectivity index (χ1v) is 9.32. The number of benzene rings is 2. The Morgan fingerprint density at radius 3 is 2.67 bits per heavy atom. The van der Waals surface area contributed by atoms with Gasteiger partial charge in [0.1, 0.15) is 12.4 Å². The van der Waals surface area contributed by atoms with Gasteiger partial charge in [-0.05, 0) is 37.6 Å². The monoisotopic (exact) mass is 362 g/mol. The van der Waals surface area contributed by atoms with E-state index in [0.717, 1.165) is 30.8 Å². The summed E-state index contributed by atoms with van der Waals surface area (Å²) < 4.78 is 11.6. The standard InChI is InChI=1S/C23H26N2O2/c1-19-8-6-9-20(16-19)18-27-22-11-3-2-10-21(22)17-24-13-7-15-26-23-12-4-5-14-25-23/h2-6,8-12,14,16,24H,7,13,15,17-18H2,1H3. The van der Waals surface area contributed by atoms with Crippen molar-refractivity contribution in [2.45, 2.75) is 26.5 Å². The summed E-state index contributed by atoms with van der Waals surface area (Å²) in [5, 5.41) is 3.46. The van der Waals surface area contributed by atoms with E-state index in [1.807, 2.05) is 36.4 Å². The number of aryl methyl sites for hydroxylation is 1. The van der Waals surface area contributed by atoms with Crippen LogP contribution in [0.1, 0.15) is 23.1 Å². The number of aromatic nitrogens is 1. The Labute approximate surface area is 161 Å². The van der Waals surface area contributed by atoms with Gasteiger partial charge >= 0.3 is 0 Å². The zero-order valence-electron chi connectivity index (χ0n) is 15.7. The summed E-state index contributed by atoms with van der Waals surface area (Å²) in [6.07, 6.45) is 2.66. The number of ether oxygens (including phenoxy) is 2. The summed E-state index contributed by atoms with van der Waals surface area (Å²) in [4.78, 5) is 4.15. The molecule has 0 bridgehead atoms. The van der Waals surface area contributed by atoms with Gasteiger partial charge in [0.15, 0.2) is 0 Å². The number of pyridine rings is 1. The van der Waals surface area contributed by atoms with Gasteiger partial charge in [0.05, 0.1) is 6.61 Å². The summed E-state index contributed by atoms with van der Waals surface area (Å²) in [6.45, 7) is 4.97. The van der Waals surface area contributed by atoms with E-state index in [2.05, 4.69) is 47.6 Å². The fourth-order valence-electron chi connectivity index (χ4n) is 2.78. The molecule has 0 aliphatic carbocycles. The first kappa shape index (κ1) is 18.9. The van der Waals surface area contributed by atoms with Gasteiger partial charge in [-0.3, -0.25) is 0 Å². The van der Waals surface area contributed by atoms with Crippen LogP contribution in [0.15, 0.2) is 72.9 Å². The Morgan fingerprint density at radius 1 is 0.926 bits per heavy atom. The van der Waals surface area contributed by atoms with E-state index < -0.39 is 0 Å². The summed E-state index contributed by atoms with van der Waals surface area (Å²) >= 11 is 0. The van der Waals surface area contributed by atoms with Crippen LogP contribution in [0.2, 0.25) is 0 Å². The lowest BCUT2D eigenvalue weighted by Crippen LogP contribution is -2.17. The SMILES string of the molecule is Cc1cccc(COc2ccccc2CNCCCOc2ccccn2)c1. The van der Waals surface area contributed by atoms with Crippen LogP contribution in [0.25, 0.3) is 0 Å². The first-order valence-electron chi connectivity index (χ1n) is 9.32. The molecule has 0 spiro atoms. The van der Waals surface area contributed by atoms with Crippen molar-refractivity contribution < 1.29 is 9.47 Å². The molecule has 0 amide bonds. The summed E-state index contributed by atoms with van der Waals surface area (Å²) in [5.41, 5.74) is 3.60. The van der Waals surface area contributed by atoms with Crippen LogP contribution in [0, 0.1) is 6.92 Å². The highest BCUT2D eigenvalue weighted by Crippen LogP contribution is 2.19. The molecule has 140 valence electrons. The predicted molar refractivity (Wildman–Crippen MR) is 108 cm³/mol. The molecule has 0 fully saturated rings. The molecule has 0 radical (unpaired) electrons. The predicted octanol–water partition coefficient (Wildman–Crippen LogP) is 4.53. The molecule has 0 aliphatic heterocycles. The second-order valence-electron chi connectivity index (χ2n) is 6.43. The number of hydrogen-bond donors (Lipinski definition) is 1. The Hall–Kier alpha value is -2.85. The highest BCUT2D eigenvalue weighted by atomic mass is 16.5. The molecule has 0 aliphatic rings. The van der Waals surface area contributed by atoms with Gasteiger partial charge in [-0.1, -0.05) is 54.1 Å². The van der Waals surface area contributed by atoms with E-state index in [-0.39, 0.29) is 0 Å². The topological polar surface area (TPSA) is 43.4 Å². The van der Waals surface area contributed by atoms with Crippen molar-refractivity contribution in [3.05, 3.63) is 89.6 Å². The maximum atomic E-state index is 6.04. The third-order valence-corrected chi connectivity index (χ3v) is 4.15. The molecule has 27 heavy (non-hydrogen) atoms.